The van der Waals surface area contributed by atoms with E-state index in [2.05, 4.69) is 4.99 Å². The van der Waals surface area contributed by atoms with Gasteiger partial charge in [-0.25, -0.2) is 4.79 Å². The highest BCUT2D eigenvalue weighted by atomic mass is 16.2. The molecular weight excluding hydrogens is 216 g/mol. The van der Waals surface area contributed by atoms with Crippen molar-refractivity contribution in [1.29, 1.82) is 0 Å². The Morgan fingerprint density at radius 1 is 1.35 bits per heavy atom. The van der Waals surface area contributed by atoms with Crippen LogP contribution in [0, 0.1) is 6.92 Å². The van der Waals surface area contributed by atoms with E-state index in [4.69, 9.17) is 0 Å². The van der Waals surface area contributed by atoms with Crippen molar-refractivity contribution in [2.75, 3.05) is 13.1 Å². The van der Waals surface area contributed by atoms with E-state index >= 15 is 0 Å². The highest BCUT2D eigenvalue weighted by Crippen LogP contribution is 2.23. The second kappa shape index (κ2) is 4.93. The smallest absolute Gasteiger partial charge is 0.254 e. The van der Waals surface area contributed by atoms with Crippen LogP contribution < -0.4 is 0 Å². The SMILES string of the molecule is Cc1c(N=C=O)cccc1C(=O)N1CCCC1. The number of carbonyl (C=O) groups excluding carboxylic acids is 2. The van der Waals surface area contributed by atoms with Gasteiger partial charge in [0.25, 0.3) is 5.91 Å². The molecule has 4 nitrogen and oxygen atoms in total. The number of likely N-dealkylation sites (tertiary alicyclic amines) is 1. The number of isocyanates is 1. The zero-order valence-electron chi connectivity index (χ0n) is 9.77. The van der Waals surface area contributed by atoms with Crippen molar-refractivity contribution < 1.29 is 9.59 Å². The van der Waals surface area contributed by atoms with Gasteiger partial charge in [-0.3, -0.25) is 4.79 Å². The van der Waals surface area contributed by atoms with Crippen molar-refractivity contribution in [3.63, 3.8) is 0 Å². The molecule has 0 unspecified atom stereocenters. The summed E-state index contributed by atoms with van der Waals surface area (Å²) in [5.74, 6) is 0.0305. The molecular formula is C13H14N2O2. The van der Waals surface area contributed by atoms with E-state index in [0.29, 0.717) is 11.3 Å². The van der Waals surface area contributed by atoms with Crippen molar-refractivity contribution >= 4 is 17.7 Å². The third kappa shape index (κ3) is 2.27. The van der Waals surface area contributed by atoms with Crippen LogP contribution in [0.1, 0.15) is 28.8 Å². The van der Waals surface area contributed by atoms with Gasteiger partial charge in [0.05, 0.1) is 5.69 Å². The minimum atomic E-state index is 0.0305. The number of rotatable bonds is 2. The molecule has 1 aromatic rings. The van der Waals surface area contributed by atoms with Crippen molar-refractivity contribution in [2.45, 2.75) is 19.8 Å². The van der Waals surface area contributed by atoms with Crippen molar-refractivity contribution in [1.82, 2.24) is 4.90 Å². The largest absolute Gasteiger partial charge is 0.339 e. The Labute approximate surface area is 100.0 Å². The maximum atomic E-state index is 12.2. The molecule has 1 amide bonds. The van der Waals surface area contributed by atoms with Gasteiger partial charge in [0, 0.05) is 18.7 Å². The van der Waals surface area contributed by atoms with E-state index < -0.39 is 0 Å². The van der Waals surface area contributed by atoms with Crippen molar-refractivity contribution in [3.8, 4) is 0 Å². The van der Waals surface area contributed by atoms with E-state index in [1.807, 2.05) is 4.90 Å². The van der Waals surface area contributed by atoms with E-state index in [-0.39, 0.29) is 5.91 Å². The zero-order valence-corrected chi connectivity index (χ0v) is 9.77. The zero-order chi connectivity index (χ0) is 12.3. The molecule has 4 heteroatoms. The Morgan fingerprint density at radius 3 is 2.71 bits per heavy atom. The first-order valence-electron chi connectivity index (χ1n) is 5.71. The van der Waals surface area contributed by atoms with E-state index in [1.165, 1.54) is 6.08 Å². The number of carbonyl (C=O) groups is 1. The molecule has 0 aromatic heterocycles. The van der Waals surface area contributed by atoms with Gasteiger partial charge < -0.3 is 4.90 Å². The molecule has 0 aliphatic carbocycles. The molecule has 0 spiro atoms. The normalized spacial score (nSPS) is 14.5. The molecule has 1 aliphatic rings. The van der Waals surface area contributed by atoms with Gasteiger partial charge in [-0.2, -0.15) is 4.99 Å². The predicted molar refractivity (Wildman–Crippen MR) is 64.1 cm³/mol. The molecule has 1 heterocycles. The quantitative estimate of drug-likeness (QED) is 0.577. The van der Waals surface area contributed by atoms with Crippen LogP contribution in [0.15, 0.2) is 23.2 Å². The highest BCUT2D eigenvalue weighted by molar-refractivity contribution is 5.97. The highest BCUT2D eigenvalue weighted by Gasteiger charge is 2.21. The molecule has 1 fully saturated rings. The second-order valence-corrected chi connectivity index (χ2v) is 4.15. The van der Waals surface area contributed by atoms with E-state index in [0.717, 1.165) is 31.5 Å². The fourth-order valence-electron chi connectivity index (χ4n) is 2.12. The standard InChI is InChI=1S/C13H14N2O2/c1-10-11(5-4-6-12(10)14-9-16)13(17)15-7-2-3-8-15/h4-6H,2-3,7-8H2,1H3. The Bertz CT molecular complexity index is 484. The lowest BCUT2D eigenvalue weighted by Gasteiger charge is -2.17. The molecule has 0 N–H and O–H groups in total. The van der Waals surface area contributed by atoms with E-state index in [9.17, 15) is 9.59 Å². The third-order valence-electron chi connectivity index (χ3n) is 3.09. The fraction of sp³-hybridized carbons (Fsp3) is 0.385. The third-order valence-corrected chi connectivity index (χ3v) is 3.09. The molecule has 88 valence electrons. The summed E-state index contributed by atoms with van der Waals surface area (Å²) >= 11 is 0. The molecule has 0 radical (unpaired) electrons. The summed E-state index contributed by atoms with van der Waals surface area (Å²) in [5.41, 5.74) is 1.89. The number of aliphatic imine (C=N–C) groups is 1. The van der Waals surface area contributed by atoms with Crippen LogP contribution in [0.3, 0.4) is 0 Å². The number of hydrogen-bond donors (Lipinski definition) is 0. The molecule has 0 bridgehead atoms. The number of benzene rings is 1. The Morgan fingerprint density at radius 2 is 2.06 bits per heavy atom. The van der Waals surface area contributed by atoms with Crippen LogP contribution >= 0.6 is 0 Å². The lowest BCUT2D eigenvalue weighted by atomic mass is 10.1. The summed E-state index contributed by atoms with van der Waals surface area (Å²) in [6, 6.07) is 5.23. The van der Waals surface area contributed by atoms with Gasteiger partial charge in [-0.1, -0.05) is 6.07 Å². The van der Waals surface area contributed by atoms with Gasteiger partial charge in [-0.15, -0.1) is 0 Å². The first-order valence-corrected chi connectivity index (χ1v) is 5.71. The Balaban J connectivity index is 2.34. The summed E-state index contributed by atoms with van der Waals surface area (Å²) < 4.78 is 0. The van der Waals surface area contributed by atoms with Crippen LogP contribution in [0.25, 0.3) is 0 Å². The molecule has 1 aromatic carbocycles. The first kappa shape index (κ1) is 11.6. The topological polar surface area (TPSA) is 49.7 Å². The summed E-state index contributed by atoms with van der Waals surface area (Å²) in [7, 11) is 0. The molecule has 1 aliphatic heterocycles. The Hall–Kier alpha value is -1.93. The van der Waals surface area contributed by atoms with Gasteiger partial charge >= 0.3 is 0 Å². The number of hydrogen-bond acceptors (Lipinski definition) is 3. The van der Waals surface area contributed by atoms with Crippen LogP contribution in [-0.2, 0) is 4.79 Å². The van der Waals surface area contributed by atoms with Gasteiger partial charge in [0.1, 0.15) is 0 Å². The molecule has 0 saturated carbocycles. The minimum absolute atomic E-state index is 0.0305. The second-order valence-electron chi connectivity index (χ2n) is 4.15. The molecule has 2 rings (SSSR count). The van der Waals surface area contributed by atoms with Crippen LogP contribution in [-0.4, -0.2) is 30.0 Å². The fourth-order valence-corrected chi connectivity index (χ4v) is 2.12. The molecule has 17 heavy (non-hydrogen) atoms. The average Bonchev–Trinajstić information content (AvgIpc) is 2.85. The summed E-state index contributed by atoms with van der Waals surface area (Å²) in [5, 5.41) is 0. The average molecular weight is 230 g/mol. The monoisotopic (exact) mass is 230 g/mol. The number of amides is 1. The van der Waals surface area contributed by atoms with Gasteiger partial charge in [0.15, 0.2) is 0 Å². The first-order chi connectivity index (χ1) is 8.24. The van der Waals surface area contributed by atoms with Crippen LogP contribution in [0.2, 0.25) is 0 Å². The lowest BCUT2D eigenvalue weighted by molar-refractivity contribution is 0.0792. The molecule has 0 atom stereocenters. The number of nitrogens with zero attached hydrogens (tertiary/aromatic N) is 2. The minimum Gasteiger partial charge on any atom is -0.339 e. The predicted octanol–water partition coefficient (Wildman–Crippen LogP) is 2.20. The summed E-state index contributed by atoms with van der Waals surface area (Å²) in [6.45, 7) is 3.44. The van der Waals surface area contributed by atoms with E-state index in [1.54, 1.807) is 25.1 Å². The summed E-state index contributed by atoms with van der Waals surface area (Å²) in [6.07, 6.45) is 3.64. The lowest BCUT2D eigenvalue weighted by Crippen LogP contribution is -2.28. The summed E-state index contributed by atoms with van der Waals surface area (Å²) in [4.78, 5) is 27.9. The van der Waals surface area contributed by atoms with Gasteiger partial charge in [0.2, 0.25) is 6.08 Å². The van der Waals surface area contributed by atoms with Crippen molar-refractivity contribution in [2.24, 2.45) is 4.99 Å². The van der Waals surface area contributed by atoms with Gasteiger partial charge in [-0.05, 0) is 37.5 Å². The maximum absolute atomic E-state index is 12.2. The molecule has 1 saturated heterocycles. The van der Waals surface area contributed by atoms with Crippen LogP contribution in [0.5, 0.6) is 0 Å². The maximum Gasteiger partial charge on any atom is 0.254 e. The Kier molecular flexibility index (Phi) is 3.35. The van der Waals surface area contributed by atoms with Crippen LogP contribution in [0.4, 0.5) is 5.69 Å². The van der Waals surface area contributed by atoms with Crippen molar-refractivity contribution in [3.05, 3.63) is 29.3 Å².